The molecule has 0 saturated carbocycles. The Bertz CT molecular complexity index is 400. The molecule has 0 aromatic carbocycles. The molecule has 0 spiro atoms. The Morgan fingerprint density at radius 1 is 1.50 bits per heavy atom. The number of anilines is 1. The predicted molar refractivity (Wildman–Crippen MR) is 74.8 cm³/mol. The van der Waals surface area contributed by atoms with E-state index in [2.05, 4.69) is 16.9 Å². The van der Waals surface area contributed by atoms with Gasteiger partial charge in [-0.15, -0.1) is 6.58 Å². The van der Waals surface area contributed by atoms with E-state index in [1.54, 1.807) is 17.2 Å². The maximum absolute atomic E-state index is 12.1. The second-order valence-electron chi connectivity index (χ2n) is 3.91. The molecule has 0 fully saturated rings. The second-order valence-corrected chi connectivity index (χ2v) is 3.91. The summed E-state index contributed by atoms with van der Waals surface area (Å²) < 4.78 is 0. The van der Waals surface area contributed by atoms with Crippen molar-refractivity contribution in [2.24, 2.45) is 0 Å². The molecule has 4 heteroatoms. The number of pyridine rings is 1. The number of carbonyl (C=O) groups excluding carboxylic acids is 1. The quantitative estimate of drug-likeness (QED) is 0.595. The number of hydrogen-bond donors (Lipinski definition) is 1. The summed E-state index contributed by atoms with van der Waals surface area (Å²) in [5.41, 5.74) is 1.41. The standard InChI is InChI=1S/C14H21N3O/c1-4-7-9-15-12-8-10-16-13(11-12)14(18)17(5-2)6-3/h4,8,10-11H,1,5-7,9H2,2-3H3,(H,15,16). The zero-order valence-electron chi connectivity index (χ0n) is 11.1. The molecule has 1 amide bonds. The SMILES string of the molecule is C=CCCNc1ccnc(C(=O)N(CC)CC)c1. The summed E-state index contributed by atoms with van der Waals surface area (Å²) in [6.07, 6.45) is 4.41. The fourth-order valence-corrected chi connectivity index (χ4v) is 1.65. The van der Waals surface area contributed by atoms with Crippen LogP contribution >= 0.6 is 0 Å². The summed E-state index contributed by atoms with van der Waals surface area (Å²) in [6.45, 7) is 9.81. The van der Waals surface area contributed by atoms with Gasteiger partial charge in [0.25, 0.3) is 5.91 Å². The van der Waals surface area contributed by atoms with Crippen molar-refractivity contribution in [2.45, 2.75) is 20.3 Å². The van der Waals surface area contributed by atoms with Gasteiger partial charge in [0.1, 0.15) is 5.69 Å². The lowest BCUT2D eigenvalue weighted by atomic mass is 10.2. The lowest BCUT2D eigenvalue weighted by molar-refractivity contribution is 0.0767. The fraction of sp³-hybridized carbons (Fsp3) is 0.429. The van der Waals surface area contributed by atoms with Crippen molar-refractivity contribution < 1.29 is 4.79 Å². The molecule has 0 saturated heterocycles. The van der Waals surface area contributed by atoms with E-state index in [1.807, 2.05) is 26.0 Å². The van der Waals surface area contributed by atoms with Crippen molar-refractivity contribution in [3.05, 3.63) is 36.7 Å². The first-order valence-corrected chi connectivity index (χ1v) is 6.33. The molecule has 0 bridgehead atoms. The third kappa shape index (κ3) is 3.87. The predicted octanol–water partition coefficient (Wildman–Crippen LogP) is 2.55. The topological polar surface area (TPSA) is 45.2 Å². The molecule has 98 valence electrons. The van der Waals surface area contributed by atoms with Crippen molar-refractivity contribution in [1.82, 2.24) is 9.88 Å². The smallest absolute Gasteiger partial charge is 0.272 e. The van der Waals surface area contributed by atoms with Crippen LogP contribution in [0.3, 0.4) is 0 Å². The van der Waals surface area contributed by atoms with E-state index < -0.39 is 0 Å². The van der Waals surface area contributed by atoms with Gasteiger partial charge in [-0.25, -0.2) is 0 Å². The first-order chi connectivity index (χ1) is 8.72. The van der Waals surface area contributed by atoms with Gasteiger partial charge >= 0.3 is 0 Å². The Morgan fingerprint density at radius 3 is 2.83 bits per heavy atom. The molecule has 1 rings (SSSR count). The van der Waals surface area contributed by atoms with Crippen LogP contribution in [0.2, 0.25) is 0 Å². The number of nitrogens with zero attached hydrogens (tertiary/aromatic N) is 2. The van der Waals surface area contributed by atoms with Gasteiger partial charge in [0.15, 0.2) is 0 Å². The van der Waals surface area contributed by atoms with Crippen molar-refractivity contribution in [3.63, 3.8) is 0 Å². The van der Waals surface area contributed by atoms with Crippen LogP contribution in [0.15, 0.2) is 31.0 Å². The summed E-state index contributed by atoms with van der Waals surface area (Å²) >= 11 is 0. The van der Waals surface area contributed by atoms with Crippen LogP contribution in [0, 0.1) is 0 Å². The minimum atomic E-state index is -0.0210. The lowest BCUT2D eigenvalue weighted by Gasteiger charge is -2.18. The molecule has 0 unspecified atom stereocenters. The lowest BCUT2D eigenvalue weighted by Crippen LogP contribution is -2.31. The van der Waals surface area contributed by atoms with Crippen molar-refractivity contribution in [2.75, 3.05) is 25.0 Å². The van der Waals surface area contributed by atoms with Crippen molar-refractivity contribution in [1.29, 1.82) is 0 Å². The van der Waals surface area contributed by atoms with Gasteiger partial charge in [-0.05, 0) is 32.4 Å². The fourth-order valence-electron chi connectivity index (χ4n) is 1.65. The summed E-state index contributed by atoms with van der Waals surface area (Å²) in [4.78, 5) is 18.0. The number of carbonyl (C=O) groups is 1. The Labute approximate surface area is 109 Å². The maximum Gasteiger partial charge on any atom is 0.272 e. The summed E-state index contributed by atoms with van der Waals surface area (Å²) in [7, 11) is 0. The van der Waals surface area contributed by atoms with E-state index in [0.29, 0.717) is 18.8 Å². The van der Waals surface area contributed by atoms with Gasteiger partial charge in [-0.2, -0.15) is 0 Å². The molecule has 0 aliphatic carbocycles. The van der Waals surface area contributed by atoms with Crippen LogP contribution in [-0.4, -0.2) is 35.4 Å². The Kier molecular flexibility index (Phi) is 5.91. The summed E-state index contributed by atoms with van der Waals surface area (Å²) in [6, 6.07) is 3.66. The van der Waals surface area contributed by atoms with E-state index in [1.165, 1.54) is 0 Å². The van der Waals surface area contributed by atoms with E-state index in [-0.39, 0.29) is 5.91 Å². The van der Waals surface area contributed by atoms with Gasteiger partial charge in [0.2, 0.25) is 0 Å². The largest absolute Gasteiger partial charge is 0.385 e. The Hall–Kier alpha value is -1.84. The highest BCUT2D eigenvalue weighted by Crippen LogP contribution is 2.10. The zero-order valence-corrected chi connectivity index (χ0v) is 11.1. The van der Waals surface area contributed by atoms with Crippen molar-refractivity contribution >= 4 is 11.6 Å². The number of amides is 1. The number of aromatic nitrogens is 1. The van der Waals surface area contributed by atoms with E-state index in [0.717, 1.165) is 18.7 Å². The monoisotopic (exact) mass is 247 g/mol. The minimum absolute atomic E-state index is 0.0210. The third-order valence-corrected chi connectivity index (χ3v) is 2.71. The van der Waals surface area contributed by atoms with Crippen molar-refractivity contribution in [3.8, 4) is 0 Å². The molecular formula is C14H21N3O. The van der Waals surface area contributed by atoms with Gasteiger partial charge in [-0.1, -0.05) is 6.08 Å². The summed E-state index contributed by atoms with van der Waals surface area (Å²) in [5.74, 6) is -0.0210. The molecule has 1 N–H and O–H groups in total. The van der Waals surface area contributed by atoms with Gasteiger partial charge in [-0.3, -0.25) is 9.78 Å². The average molecular weight is 247 g/mol. The second kappa shape index (κ2) is 7.48. The first-order valence-electron chi connectivity index (χ1n) is 6.33. The van der Waals surface area contributed by atoms with Gasteiger partial charge in [0.05, 0.1) is 0 Å². The van der Waals surface area contributed by atoms with Crippen LogP contribution < -0.4 is 5.32 Å². The third-order valence-electron chi connectivity index (χ3n) is 2.71. The number of rotatable bonds is 7. The van der Waals surface area contributed by atoms with E-state index in [4.69, 9.17) is 0 Å². The van der Waals surface area contributed by atoms with Crippen LogP contribution in [-0.2, 0) is 0 Å². The normalized spacial score (nSPS) is 9.89. The van der Waals surface area contributed by atoms with Crippen LogP contribution in [0.4, 0.5) is 5.69 Å². The van der Waals surface area contributed by atoms with Crippen LogP contribution in [0.1, 0.15) is 30.8 Å². The van der Waals surface area contributed by atoms with Crippen LogP contribution in [0.5, 0.6) is 0 Å². The molecule has 0 atom stereocenters. The highest BCUT2D eigenvalue weighted by atomic mass is 16.2. The molecule has 0 aliphatic rings. The number of hydrogen-bond acceptors (Lipinski definition) is 3. The maximum atomic E-state index is 12.1. The zero-order chi connectivity index (χ0) is 13.4. The molecule has 0 aliphatic heterocycles. The Morgan fingerprint density at radius 2 is 2.22 bits per heavy atom. The van der Waals surface area contributed by atoms with Crippen LogP contribution in [0.25, 0.3) is 0 Å². The van der Waals surface area contributed by atoms with Gasteiger partial charge in [0, 0.05) is 31.5 Å². The molecule has 1 aromatic heterocycles. The molecule has 1 heterocycles. The summed E-state index contributed by atoms with van der Waals surface area (Å²) in [5, 5.41) is 3.23. The highest BCUT2D eigenvalue weighted by molar-refractivity contribution is 5.93. The van der Waals surface area contributed by atoms with E-state index >= 15 is 0 Å². The Balaban J connectivity index is 2.74. The van der Waals surface area contributed by atoms with E-state index in [9.17, 15) is 4.79 Å². The number of nitrogens with one attached hydrogen (secondary N) is 1. The molecule has 1 aromatic rings. The molecule has 4 nitrogen and oxygen atoms in total. The molecule has 0 radical (unpaired) electrons. The first kappa shape index (κ1) is 14.2. The van der Waals surface area contributed by atoms with Gasteiger partial charge < -0.3 is 10.2 Å². The molecule has 18 heavy (non-hydrogen) atoms. The molecular weight excluding hydrogens is 226 g/mol. The minimum Gasteiger partial charge on any atom is -0.385 e. The highest BCUT2D eigenvalue weighted by Gasteiger charge is 2.13. The average Bonchev–Trinajstić information content (AvgIpc) is 2.41.